The largest absolute Gasteiger partial charge is 0.493 e. The summed E-state index contributed by atoms with van der Waals surface area (Å²) in [5.41, 5.74) is 0.680. The van der Waals surface area contributed by atoms with E-state index < -0.39 is 0 Å². The van der Waals surface area contributed by atoms with Crippen LogP contribution in [0.2, 0.25) is 0 Å². The SMILES string of the molecule is COc1ccc(NC(=O)C2CCC(C(=O)NCC3CCCO3)CC2)cc1OC. The molecule has 1 saturated heterocycles. The van der Waals surface area contributed by atoms with Crippen LogP contribution in [0.3, 0.4) is 0 Å². The van der Waals surface area contributed by atoms with Gasteiger partial charge in [0.05, 0.1) is 20.3 Å². The van der Waals surface area contributed by atoms with Gasteiger partial charge in [-0.2, -0.15) is 0 Å². The van der Waals surface area contributed by atoms with Crippen LogP contribution in [0, 0.1) is 11.8 Å². The number of benzene rings is 1. The first-order valence-corrected chi connectivity index (χ1v) is 10.0. The van der Waals surface area contributed by atoms with Crippen LogP contribution < -0.4 is 20.1 Å². The molecule has 1 heterocycles. The minimum Gasteiger partial charge on any atom is -0.493 e. The molecule has 0 radical (unpaired) electrons. The van der Waals surface area contributed by atoms with Crippen molar-refractivity contribution in [1.29, 1.82) is 0 Å². The third-order valence-electron chi connectivity index (χ3n) is 5.65. The Morgan fingerprint density at radius 3 is 2.29 bits per heavy atom. The number of methoxy groups -OCH3 is 2. The molecule has 7 heteroatoms. The van der Waals surface area contributed by atoms with Gasteiger partial charge in [-0.1, -0.05) is 0 Å². The molecule has 28 heavy (non-hydrogen) atoms. The Morgan fingerprint density at radius 1 is 1.00 bits per heavy atom. The number of amides is 2. The molecule has 2 amide bonds. The quantitative estimate of drug-likeness (QED) is 0.748. The molecule has 2 fully saturated rings. The second-order valence-electron chi connectivity index (χ2n) is 7.49. The van der Waals surface area contributed by atoms with Gasteiger partial charge in [-0.05, 0) is 50.7 Å². The molecule has 2 N–H and O–H groups in total. The van der Waals surface area contributed by atoms with Crippen molar-refractivity contribution in [3.05, 3.63) is 18.2 Å². The molecule has 0 spiro atoms. The van der Waals surface area contributed by atoms with Crippen LogP contribution in [-0.2, 0) is 14.3 Å². The number of carbonyl (C=O) groups is 2. The van der Waals surface area contributed by atoms with E-state index in [4.69, 9.17) is 14.2 Å². The standard InChI is InChI=1S/C21H30N2O5/c1-26-18-10-9-16(12-19(18)27-2)23-21(25)15-7-5-14(6-8-15)20(24)22-13-17-4-3-11-28-17/h9-10,12,14-15,17H,3-8,11,13H2,1-2H3,(H,22,24)(H,23,25). The van der Waals surface area contributed by atoms with Gasteiger partial charge in [-0.15, -0.1) is 0 Å². The molecule has 1 aromatic carbocycles. The monoisotopic (exact) mass is 390 g/mol. The minimum atomic E-state index is -0.0738. The molecule has 1 aromatic rings. The van der Waals surface area contributed by atoms with E-state index in [2.05, 4.69) is 10.6 Å². The normalized spacial score (nSPS) is 24.4. The van der Waals surface area contributed by atoms with Crippen molar-refractivity contribution in [2.45, 2.75) is 44.6 Å². The van der Waals surface area contributed by atoms with Gasteiger partial charge in [0.15, 0.2) is 11.5 Å². The molecular weight excluding hydrogens is 360 g/mol. The molecule has 1 unspecified atom stereocenters. The Labute approximate surface area is 166 Å². The molecular formula is C21H30N2O5. The number of anilines is 1. The first-order valence-electron chi connectivity index (χ1n) is 10.0. The lowest BCUT2D eigenvalue weighted by atomic mass is 9.81. The van der Waals surface area contributed by atoms with Gasteiger partial charge in [-0.3, -0.25) is 9.59 Å². The summed E-state index contributed by atoms with van der Waals surface area (Å²) in [5, 5.41) is 5.96. The van der Waals surface area contributed by atoms with Gasteiger partial charge in [0.2, 0.25) is 11.8 Å². The minimum absolute atomic E-state index is 0.00784. The molecule has 0 aromatic heterocycles. The number of carbonyl (C=O) groups excluding carboxylic acids is 2. The molecule has 154 valence electrons. The third-order valence-corrected chi connectivity index (χ3v) is 5.65. The predicted molar refractivity (Wildman–Crippen MR) is 106 cm³/mol. The Kier molecular flexibility index (Phi) is 7.14. The van der Waals surface area contributed by atoms with E-state index in [1.165, 1.54) is 0 Å². The van der Waals surface area contributed by atoms with Crippen LogP contribution in [0.1, 0.15) is 38.5 Å². The molecule has 1 atom stereocenters. The van der Waals surface area contributed by atoms with Crippen molar-refractivity contribution in [3.8, 4) is 11.5 Å². The lowest BCUT2D eigenvalue weighted by Gasteiger charge is -2.27. The second-order valence-corrected chi connectivity index (χ2v) is 7.49. The summed E-state index contributed by atoms with van der Waals surface area (Å²) < 4.78 is 16.0. The zero-order chi connectivity index (χ0) is 19.9. The summed E-state index contributed by atoms with van der Waals surface area (Å²) in [7, 11) is 3.14. The lowest BCUT2D eigenvalue weighted by molar-refractivity contribution is -0.128. The first kappa shape index (κ1) is 20.5. The number of nitrogens with one attached hydrogen (secondary N) is 2. The van der Waals surface area contributed by atoms with E-state index in [0.717, 1.165) is 45.1 Å². The van der Waals surface area contributed by atoms with Crippen LogP contribution in [0.5, 0.6) is 11.5 Å². The van der Waals surface area contributed by atoms with Gasteiger partial charge >= 0.3 is 0 Å². The van der Waals surface area contributed by atoms with Gasteiger partial charge in [-0.25, -0.2) is 0 Å². The summed E-state index contributed by atoms with van der Waals surface area (Å²) in [6, 6.07) is 5.31. The van der Waals surface area contributed by atoms with Crippen LogP contribution in [-0.4, -0.2) is 45.3 Å². The van der Waals surface area contributed by atoms with E-state index in [0.29, 0.717) is 23.7 Å². The second kappa shape index (κ2) is 9.78. The van der Waals surface area contributed by atoms with E-state index in [1.807, 2.05) is 0 Å². The summed E-state index contributed by atoms with van der Waals surface area (Å²) in [6.45, 7) is 1.39. The molecule has 1 saturated carbocycles. The number of rotatable bonds is 7. The fourth-order valence-electron chi connectivity index (χ4n) is 3.94. The number of hydrogen-bond donors (Lipinski definition) is 2. The van der Waals surface area contributed by atoms with E-state index in [9.17, 15) is 9.59 Å². The van der Waals surface area contributed by atoms with Gasteiger partial charge in [0, 0.05) is 36.7 Å². The maximum absolute atomic E-state index is 12.6. The molecule has 7 nitrogen and oxygen atoms in total. The lowest BCUT2D eigenvalue weighted by Crippen LogP contribution is -2.38. The van der Waals surface area contributed by atoms with Crippen LogP contribution in [0.4, 0.5) is 5.69 Å². The maximum Gasteiger partial charge on any atom is 0.227 e. The van der Waals surface area contributed by atoms with E-state index >= 15 is 0 Å². The van der Waals surface area contributed by atoms with Crippen molar-refractivity contribution < 1.29 is 23.8 Å². The predicted octanol–water partition coefficient (Wildman–Crippen LogP) is 2.74. The average molecular weight is 390 g/mol. The smallest absolute Gasteiger partial charge is 0.227 e. The van der Waals surface area contributed by atoms with Gasteiger partial charge in [0.1, 0.15) is 0 Å². The summed E-state index contributed by atoms with van der Waals surface area (Å²) >= 11 is 0. The molecule has 1 aliphatic carbocycles. The summed E-state index contributed by atoms with van der Waals surface area (Å²) in [6.07, 6.45) is 5.16. The third kappa shape index (κ3) is 5.16. The summed E-state index contributed by atoms with van der Waals surface area (Å²) in [4.78, 5) is 25.0. The van der Waals surface area contributed by atoms with Crippen molar-refractivity contribution in [2.75, 3.05) is 32.7 Å². The molecule has 1 aliphatic heterocycles. The highest BCUT2D eigenvalue weighted by Crippen LogP contribution is 2.32. The van der Waals surface area contributed by atoms with Crippen molar-refractivity contribution >= 4 is 17.5 Å². The molecule has 3 rings (SSSR count). The Bertz CT molecular complexity index is 679. The van der Waals surface area contributed by atoms with Gasteiger partial charge < -0.3 is 24.8 Å². The zero-order valence-corrected chi connectivity index (χ0v) is 16.7. The highest BCUT2D eigenvalue weighted by Gasteiger charge is 2.30. The van der Waals surface area contributed by atoms with Gasteiger partial charge in [0.25, 0.3) is 0 Å². The highest BCUT2D eigenvalue weighted by atomic mass is 16.5. The van der Waals surface area contributed by atoms with Crippen LogP contribution in [0.25, 0.3) is 0 Å². The van der Waals surface area contributed by atoms with E-state index in [-0.39, 0.29) is 29.8 Å². The fourth-order valence-corrected chi connectivity index (χ4v) is 3.94. The highest BCUT2D eigenvalue weighted by molar-refractivity contribution is 5.93. The average Bonchev–Trinajstić information content (AvgIpc) is 3.25. The number of hydrogen-bond acceptors (Lipinski definition) is 5. The Hall–Kier alpha value is -2.28. The molecule has 0 bridgehead atoms. The molecule has 2 aliphatic rings. The maximum atomic E-state index is 12.6. The van der Waals surface area contributed by atoms with E-state index in [1.54, 1.807) is 32.4 Å². The van der Waals surface area contributed by atoms with Crippen molar-refractivity contribution in [3.63, 3.8) is 0 Å². The Balaban J connectivity index is 1.45. The first-order chi connectivity index (χ1) is 13.6. The Morgan fingerprint density at radius 2 is 1.68 bits per heavy atom. The zero-order valence-electron chi connectivity index (χ0n) is 16.7. The van der Waals surface area contributed by atoms with Crippen LogP contribution in [0.15, 0.2) is 18.2 Å². The summed E-state index contributed by atoms with van der Waals surface area (Å²) in [5.74, 6) is 1.20. The topological polar surface area (TPSA) is 85.9 Å². The van der Waals surface area contributed by atoms with Crippen molar-refractivity contribution in [2.24, 2.45) is 11.8 Å². The van der Waals surface area contributed by atoms with Crippen molar-refractivity contribution in [1.82, 2.24) is 5.32 Å². The number of ether oxygens (including phenoxy) is 3. The van der Waals surface area contributed by atoms with Crippen LogP contribution >= 0.6 is 0 Å². The fraction of sp³-hybridized carbons (Fsp3) is 0.619.